The Hall–Kier alpha value is -2.53. The number of carbonyl (C=O) groups is 1. The Kier molecular flexibility index (Phi) is 6.04. The molecule has 2 rings (SSSR count). The van der Waals surface area contributed by atoms with Crippen molar-refractivity contribution in [3.8, 4) is 5.75 Å². The SMILES string of the molecule is CC(C)(C)c1ccc(NCC(O)COc2cccc(C(=O)O)c2)cc1. The number of benzene rings is 2. The molecule has 0 aliphatic carbocycles. The highest BCUT2D eigenvalue weighted by Crippen LogP contribution is 2.23. The van der Waals surface area contributed by atoms with E-state index in [2.05, 4.69) is 38.2 Å². The van der Waals surface area contributed by atoms with Gasteiger partial charge < -0.3 is 20.3 Å². The molecule has 0 radical (unpaired) electrons. The van der Waals surface area contributed by atoms with Crippen LogP contribution in [0.5, 0.6) is 5.75 Å². The van der Waals surface area contributed by atoms with E-state index in [1.165, 1.54) is 17.7 Å². The Morgan fingerprint density at radius 2 is 1.84 bits per heavy atom. The maximum Gasteiger partial charge on any atom is 0.335 e. The predicted molar refractivity (Wildman–Crippen MR) is 98.5 cm³/mol. The summed E-state index contributed by atoms with van der Waals surface area (Å²) in [6.45, 7) is 6.91. The van der Waals surface area contributed by atoms with Gasteiger partial charge in [-0.1, -0.05) is 39.0 Å². The molecular formula is C20H25NO4. The van der Waals surface area contributed by atoms with E-state index in [1.807, 2.05) is 12.1 Å². The molecule has 25 heavy (non-hydrogen) atoms. The highest BCUT2D eigenvalue weighted by molar-refractivity contribution is 5.87. The molecule has 0 aromatic heterocycles. The summed E-state index contributed by atoms with van der Waals surface area (Å²) >= 11 is 0. The van der Waals surface area contributed by atoms with Crippen LogP contribution in [-0.2, 0) is 5.41 Å². The Morgan fingerprint density at radius 1 is 1.16 bits per heavy atom. The third-order valence-corrected chi connectivity index (χ3v) is 3.82. The number of aromatic carboxylic acids is 1. The number of hydrogen-bond acceptors (Lipinski definition) is 4. The Balaban J connectivity index is 1.82. The van der Waals surface area contributed by atoms with E-state index in [0.717, 1.165) is 5.69 Å². The molecule has 134 valence electrons. The first-order valence-corrected chi connectivity index (χ1v) is 8.24. The van der Waals surface area contributed by atoms with Gasteiger partial charge in [-0.2, -0.15) is 0 Å². The number of aliphatic hydroxyl groups excluding tert-OH is 1. The summed E-state index contributed by atoms with van der Waals surface area (Å²) in [5, 5.41) is 22.1. The quantitative estimate of drug-likeness (QED) is 0.717. The average molecular weight is 343 g/mol. The van der Waals surface area contributed by atoms with E-state index >= 15 is 0 Å². The first-order chi connectivity index (χ1) is 11.8. The van der Waals surface area contributed by atoms with E-state index < -0.39 is 12.1 Å². The van der Waals surface area contributed by atoms with Crippen molar-refractivity contribution in [2.45, 2.75) is 32.3 Å². The maximum atomic E-state index is 10.9. The standard InChI is InChI=1S/C20H25NO4/c1-20(2,3)15-7-9-16(10-8-15)21-12-17(22)13-25-18-6-4-5-14(11-18)19(23)24/h4-11,17,21-22H,12-13H2,1-3H3,(H,23,24). The van der Waals surface area contributed by atoms with Gasteiger partial charge in [-0.15, -0.1) is 0 Å². The zero-order valence-corrected chi connectivity index (χ0v) is 14.8. The second-order valence-corrected chi connectivity index (χ2v) is 7.01. The lowest BCUT2D eigenvalue weighted by Crippen LogP contribution is -2.26. The van der Waals surface area contributed by atoms with E-state index in [-0.39, 0.29) is 17.6 Å². The Morgan fingerprint density at radius 3 is 2.44 bits per heavy atom. The van der Waals surface area contributed by atoms with E-state index in [9.17, 15) is 9.90 Å². The van der Waals surface area contributed by atoms with Crippen LogP contribution >= 0.6 is 0 Å². The lowest BCUT2D eigenvalue weighted by Gasteiger charge is -2.19. The summed E-state index contributed by atoms with van der Waals surface area (Å²) in [5.74, 6) is -0.583. The molecule has 0 saturated carbocycles. The van der Waals surface area contributed by atoms with Crippen LogP contribution in [0, 0.1) is 0 Å². The number of carboxylic acid groups (broad SMARTS) is 1. The van der Waals surface area contributed by atoms with Crippen LogP contribution in [0.1, 0.15) is 36.7 Å². The van der Waals surface area contributed by atoms with Crippen LogP contribution in [0.3, 0.4) is 0 Å². The number of rotatable bonds is 7. The predicted octanol–water partition coefficient (Wildman–Crippen LogP) is 3.53. The molecule has 0 aliphatic heterocycles. The monoisotopic (exact) mass is 343 g/mol. The minimum atomic E-state index is -1.01. The number of anilines is 1. The van der Waals surface area contributed by atoms with Crippen molar-refractivity contribution < 1.29 is 19.7 Å². The van der Waals surface area contributed by atoms with Crippen LogP contribution in [0.25, 0.3) is 0 Å². The molecule has 2 aromatic rings. The lowest BCUT2D eigenvalue weighted by molar-refractivity contribution is 0.0696. The van der Waals surface area contributed by atoms with E-state index in [1.54, 1.807) is 12.1 Å². The van der Waals surface area contributed by atoms with Gasteiger partial charge in [-0.25, -0.2) is 4.79 Å². The Bertz CT molecular complexity index is 704. The first kappa shape index (κ1) is 18.8. The van der Waals surface area contributed by atoms with Gasteiger partial charge in [0.25, 0.3) is 0 Å². The van der Waals surface area contributed by atoms with Crippen LogP contribution in [0.4, 0.5) is 5.69 Å². The normalized spacial score (nSPS) is 12.5. The minimum Gasteiger partial charge on any atom is -0.491 e. The fraction of sp³-hybridized carbons (Fsp3) is 0.350. The van der Waals surface area contributed by atoms with Crippen molar-refractivity contribution in [1.82, 2.24) is 0 Å². The van der Waals surface area contributed by atoms with Crippen LogP contribution in [-0.4, -0.2) is 35.4 Å². The zero-order valence-electron chi connectivity index (χ0n) is 14.8. The van der Waals surface area contributed by atoms with Gasteiger partial charge in [-0.05, 0) is 41.3 Å². The van der Waals surface area contributed by atoms with Gasteiger partial charge >= 0.3 is 5.97 Å². The molecule has 0 spiro atoms. The molecule has 0 fully saturated rings. The van der Waals surface area contributed by atoms with Gasteiger partial charge in [0.2, 0.25) is 0 Å². The second kappa shape index (κ2) is 8.03. The number of hydrogen-bond donors (Lipinski definition) is 3. The number of carboxylic acids is 1. The third-order valence-electron chi connectivity index (χ3n) is 3.82. The molecular weight excluding hydrogens is 318 g/mol. The van der Waals surface area contributed by atoms with Crippen molar-refractivity contribution in [2.75, 3.05) is 18.5 Å². The van der Waals surface area contributed by atoms with Crippen molar-refractivity contribution in [2.24, 2.45) is 0 Å². The maximum absolute atomic E-state index is 10.9. The summed E-state index contributed by atoms with van der Waals surface area (Å²) in [6, 6.07) is 14.3. The molecule has 5 nitrogen and oxygen atoms in total. The summed E-state index contributed by atoms with van der Waals surface area (Å²) in [5.41, 5.74) is 2.44. The topological polar surface area (TPSA) is 78.8 Å². The fourth-order valence-electron chi connectivity index (χ4n) is 2.29. The molecule has 0 amide bonds. The van der Waals surface area contributed by atoms with Gasteiger partial charge in [0.15, 0.2) is 0 Å². The average Bonchev–Trinajstić information content (AvgIpc) is 2.58. The molecule has 0 saturated heterocycles. The van der Waals surface area contributed by atoms with E-state index in [4.69, 9.17) is 9.84 Å². The van der Waals surface area contributed by atoms with Crippen LogP contribution in [0.2, 0.25) is 0 Å². The molecule has 0 bridgehead atoms. The summed E-state index contributed by atoms with van der Waals surface area (Å²) < 4.78 is 5.46. The van der Waals surface area contributed by atoms with Gasteiger partial charge in [0.1, 0.15) is 18.5 Å². The van der Waals surface area contributed by atoms with Gasteiger partial charge in [0, 0.05) is 12.2 Å². The second-order valence-electron chi connectivity index (χ2n) is 7.01. The zero-order chi connectivity index (χ0) is 18.4. The number of ether oxygens (including phenoxy) is 1. The molecule has 0 aliphatic rings. The smallest absolute Gasteiger partial charge is 0.335 e. The highest BCUT2D eigenvalue weighted by Gasteiger charge is 2.13. The minimum absolute atomic E-state index is 0.0795. The summed E-state index contributed by atoms with van der Waals surface area (Å²) in [6.07, 6.45) is -0.712. The largest absolute Gasteiger partial charge is 0.491 e. The summed E-state index contributed by atoms with van der Waals surface area (Å²) in [4.78, 5) is 10.9. The Labute approximate surface area is 148 Å². The number of nitrogens with one attached hydrogen (secondary N) is 1. The molecule has 5 heteroatoms. The van der Waals surface area contributed by atoms with Crippen molar-refractivity contribution >= 4 is 11.7 Å². The molecule has 2 aromatic carbocycles. The van der Waals surface area contributed by atoms with Crippen molar-refractivity contribution in [1.29, 1.82) is 0 Å². The lowest BCUT2D eigenvalue weighted by atomic mass is 9.87. The van der Waals surface area contributed by atoms with Crippen LogP contribution in [0.15, 0.2) is 48.5 Å². The first-order valence-electron chi connectivity index (χ1n) is 8.24. The van der Waals surface area contributed by atoms with Crippen molar-refractivity contribution in [3.63, 3.8) is 0 Å². The molecule has 1 unspecified atom stereocenters. The van der Waals surface area contributed by atoms with Gasteiger partial charge in [-0.3, -0.25) is 0 Å². The molecule has 3 N–H and O–H groups in total. The van der Waals surface area contributed by atoms with E-state index in [0.29, 0.717) is 12.3 Å². The van der Waals surface area contributed by atoms with Crippen molar-refractivity contribution in [3.05, 3.63) is 59.7 Å². The highest BCUT2D eigenvalue weighted by atomic mass is 16.5. The number of aliphatic hydroxyl groups is 1. The fourth-order valence-corrected chi connectivity index (χ4v) is 2.29. The third kappa shape index (κ3) is 5.80. The molecule has 1 atom stereocenters. The molecule has 0 heterocycles. The van der Waals surface area contributed by atoms with Gasteiger partial charge in [0.05, 0.1) is 5.56 Å². The summed E-state index contributed by atoms with van der Waals surface area (Å²) in [7, 11) is 0. The van der Waals surface area contributed by atoms with Crippen LogP contribution < -0.4 is 10.1 Å².